The Morgan fingerprint density at radius 2 is 1.89 bits per heavy atom. The Hall–Kier alpha value is -3.87. The van der Waals surface area contributed by atoms with Crippen LogP contribution in [-0.4, -0.2) is 47.1 Å². The minimum absolute atomic E-state index is 0.0174. The molecule has 0 aliphatic carbocycles. The summed E-state index contributed by atoms with van der Waals surface area (Å²) in [4.78, 5) is 13.4. The predicted octanol–water partition coefficient (Wildman–Crippen LogP) is 7.28. The van der Waals surface area contributed by atoms with Gasteiger partial charge in [0, 0.05) is 23.1 Å². The second-order valence-electron chi connectivity index (χ2n) is 10.6. The van der Waals surface area contributed by atoms with E-state index >= 15 is 0 Å². The highest BCUT2D eigenvalue weighted by Gasteiger charge is 2.19. The quantitative estimate of drug-likeness (QED) is 0.137. The molecule has 1 atom stereocenters. The van der Waals surface area contributed by atoms with Crippen LogP contribution in [0, 0.1) is 5.82 Å². The number of rotatable bonds is 13. The van der Waals surface area contributed by atoms with Gasteiger partial charge in [0.2, 0.25) is 0 Å². The smallest absolute Gasteiger partial charge is 0.155 e. The molecule has 44 heavy (non-hydrogen) atoms. The lowest BCUT2D eigenvalue weighted by atomic mass is 10.1. The number of halogens is 2. The highest BCUT2D eigenvalue weighted by molar-refractivity contribution is 9.10. The van der Waals surface area contributed by atoms with Gasteiger partial charge < -0.3 is 19.2 Å². The molecule has 0 fully saturated rings. The highest BCUT2D eigenvalue weighted by Crippen LogP contribution is 2.33. The Bertz CT molecular complexity index is 1870. The highest BCUT2D eigenvalue weighted by atomic mass is 79.9. The van der Waals surface area contributed by atoms with Crippen molar-refractivity contribution in [3.63, 3.8) is 0 Å². The number of furan rings is 1. The normalized spacial score (nSPS) is 12.5. The summed E-state index contributed by atoms with van der Waals surface area (Å²) in [6.45, 7) is 5.60. The number of sulfone groups is 1. The summed E-state index contributed by atoms with van der Waals surface area (Å²) in [7, 11) is -3.17. The third kappa shape index (κ3) is 7.79. The van der Waals surface area contributed by atoms with Crippen LogP contribution in [0.1, 0.15) is 31.9 Å². The van der Waals surface area contributed by atoms with Crippen molar-refractivity contribution in [1.29, 1.82) is 0 Å². The summed E-state index contributed by atoms with van der Waals surface area (Å²) < 4.78 is 55.9. The molecule has 3 heterocycles. The van der Waals surface area contributed by atoms with Gasteiger partial charge in [-0.15, -0.1) is 0 Å². The number of benzene rings is 2. The Morgan fingerprint density at radius 3 is 2.66 bits per heavy atom. The summed E-state index contributed by atoms with van der Waals surface area (Å²) in [6.07, 6.45) is 5.02. The minimum Gasteiger partial charge on any atom is -0.488 e. The maximum absolute atomic E-state index is 13.5. The second kappa shape index (κ2) is 13.8. The van der Waals surface area contributed by atoms with Gasteiger partial charge in [-0.2, -0.15) is 0 Å². The Morgan fingerprint density at radius 1 is 1.05 bits per heavy atom. The van der Waals surface area contributed by atoms with E-state index in [1.165, 1.54) is 18.5 Å². The third-order valence-electron chi connectivity index (χ3n) is 6.97. The van der Waals surface area contributed by atoms with Crippen LogP contribution in [0.25, 0.3) is 22.4 Å². The largest absolute Gasteiger partial charge is 0.488 e. The number of hydrogen-bond acceptors (Lipinski definition) is 9. The minimum atomic E-state index is -3.17. The van der Waals surface area contributed by atoms with Crippen LogP contribution in [0.3, 0.4) is 0 Å². The molecular formula is C32H32BrFN4O5S. The lowest BCUT2D eigenvalue weighted by Crippen LogP contribution is -2.23. The summed E-state index contributed by atoms with van der Waals surface area (Å²) in [6, 6.07) is 15.6. The number of aromatic nitrogens is 3. The molecule has 1 N–H and O–H groups in total. The lowest BCUT2D eigenvalue weighted by molar-refractivity contribution is 0.0780. The molecule has 0 spiro atoms. The first kappa shape index (κ1) is 31.6. The van der Waals surface area contributed by atoms with Crippen molar-refractivity contribution >= 4 is 48.2 Å². The fourth-order valence-electron chi connectivity index (χ4n) is 4.49. The fourth-order valence-corrected chi connectivity index (χ4v) is 5.79. The lowest BCUT2D eigenvalue weighted by Gasteiger charge is -2.14. The van der Waals surface area contributed by atoms with Gasteiger partial charge in [0.15, 0.2) is 15.6 Å². The first-order valence-corrected chi connectivity index (χ1v) is 16.5. The Balaban J connectivity index is 1.29. The predicted molar refractivity (Wildman–Crippen MR) is 171 cm³/mol. The first-order chi connectivity index (χ1) is 21.1. The van der Waals surface area contributed by atoms with E-state index in [1.807, 2.05) is 37.3 Å². The van der Waals surface area contributed by atoms with Gasteiger partial charge in [0.05, 0.1) is 46.2 Å². The molecular weight excluding hydrogens is 651 g/mol. The maximum Gasteiger partial charge on any atom is 0.155 e. The van der Waals surface area contributed by atoms with Gasteiger partial charge in [0.1, 0.15) is 36.0 Å². The molecule has 230 valence electrons. The van der Waals surface area contributed by atoms with E-state index in [0.29, 0.717) is 35.0 Å². The molecule has 0 amide bonds. The van der Waals surface area contributed by atoms with Crippen LogP contribution in [0.15, 0.2) is 82.3 Å². The number of anilines is 2. The molecule has 12 heteroatoms. The van der Waals surface area contributed by atoms with Gasteiger partial charge in [-0.05, 0) is 84.7 Å². The average Bonchev–Trinajstić information content (AvgIpc) is 3.44. The zero-order valence-electron chi connectivity index (χ0n) is 24.5. The van der Waals surface area contributed by atoms with Crippen molar-refractivity contribution in [1.82, 2.24) is 15.0 Å². The molecule has 5 rings (SSSR count). The molecule has 0 aliphatic rings. The van der Waals surface area contributed by atoms with Crippen LogP contribution < -0.4 is 10.1 Å². The molecule has 0 radical (unpaired) electrons. The summed E-state index contributed by atoms with van der Waals surface area (Å²) in [5, 5.41) is 3.65. The standard InChI is InChI=1S/C32H32BrFN4O5S/c1-20(2)44(39,40)12-11-41-21(3)13-23-9-10-42-31(23)28-16-26-29(17-35-28)36-19-37-32(26)38-25-7-8-30(27(33)15-25)43-18-22-5-4-6-24(34)14-22/h4-10,14-17,19-21H,11-13,18H2,1-3H3,(H,36,37,38). The fraction of sp³-hybridized carbons (Fsp3) is 0.281. The summed E-state index contributed by atoms with van der Waals surface area (Å²) in [5.74, 6) is 1.46. The summed E-state index contributed by atoms with van der Waals surface area (Å²) in [5.41, 5.74) is 3.64. The van der Waals surface area contributed by atoms with Crippen molar-refractivity contribution in [2.45, 2.75) is 45.2 Å². The molecule has 0 bridgehead atoms. The second-order valence-corrected chi connectivity index (χ2v) is 14.1. The Labute approximate surface area is 263 Å². The Kier molecular flexibility index (Phi) is 9.92. The van der Waals surface area contributed by atoms with Gasteiger partial charge in [-0.3, -0.25) is 4.98 Å². The van der Waals surface area contributed by atoms with E-state index in [9.17, 15) is 12.8 Å². The van der Waals surface area contributed by atoms with Crippen LogP contribution in [0.2, 0.25) is 0 Å². The average molecular weight is 684 g/mol. The van der Waals surface area contributed by atoms with Gasteiger partial charge in [-0.25, -0.2) is 22.8 Å². The van der Waals surface area contributed by atoms with Gasteiger partial charge in [-0.1, -0.05) is 12.1 Å². The molecule has 0 saturated carbocycles. The molecule has 0 aliphatic heterocycles. The van der Waals surface area contributed by atoms with Gasteiger partial charge in [0.25, 0.3) is 0 Å². The molecule has 3 aromatic heterocycles. The van der Waals surface area contributed by atoms with Crippen molar-refractivity contribution in [3.8, 4) is 17.2 Å². The maximum atomic E-state index is 13.5. The summed E-state index contributed by atoms with van der Waals surface area (Å²) >= 11 is 3.56. The van der Waals surface area contributed by atoms with E-state index in [2.05, 4.69) is 36.2 Å². The topological polar surface area (TPSA) is 116 Å². The molecule has 0 saturated heterocycles. The molecule has 9 nitrogen and oxygen atoms in total. The first-order valence-electron chi connectivity index (χ1n) is 14.0. The van der Waals surface area contributed by atoms with E-state index in [-0.39, 0.29) is 30.9 Å². The third-order valence-corrected chi connectivity index (χ3v) is 9.77. The SMILES string of the molecule is CC(Cc1ccoc1-c1cc2c(Nc3ccc(OCc4cccc(F)c4)c(Br)c3)ncnc2cn1)OCCS(=O)(=O)C(C)C. The monoisotopic (exact) mass is 682 g/mol. The molecule has 5 aromatic rings. The number of nitrogens with zero attached hydrogens (tertiary/aromatic N) is 3. The zero-order chi connectivity index (χ0) is 31.3. The van der Waals surface area contributed by atoms with E-state index in [4.69, 9.17) is 13.9 Å². The van der Waals surface area contributed by atoms with Gasteiger partial charge >= 0.3 is 0 Å². The van der Waals surface area contributed by atoms with E-state index in [1.54, 1.807) is 38.4 Å². The number of nitrogens with one attached hydrogen (secondary N) is 1. The van der Waals surface area contributed by atoms with Crippen molar-refractivity contribution in [3.05, 3.63) is 94.8 Å². The van der Waals surface area contributed by atoms with Crippen LogP contribution in [0.5, 0.6) is 5.75 Å². The number of fused-ring (bicyclic) bond motifs is 1. The molecule has 2 aromatic carbocycles. The number of ether oxygens (including phenoxy) is 2. The van der Waals surface area contributed by atoms with E-state index in [0.717, 1.165) is 26.7 Å². The van der Waals surface area contributed by atoms with Crippen LogP contribution in [0.4, 0.5) is 15.9 Å². The van der Waals surface area contributed by atoms with Crippen molar-refractivity contribution in [2.75, 3.05) is 17.7 Å². The van der Waals surface area contributed by atoms with Crippen molar-refractivity contribution in [2.24, 2.45) is 0 Å². The van der Waals surface area contributed by atoms with Crippen LogP contribution in [-0.2, 0) is 27.6 Å². The van der Waals surface area contributed by atoms with Crippen LogP contribution >= 0.6 is 15.9 Å². The van der Waals surface area contributed by atoms with E-state index < -0.39 is 15.1 Å². The molecule has 1 unspecified atom stereocenters. The number of pyridine rings is 1. The van der Waals surface area contributed by atoms with Crippen molar-refractivity contribution < 1.29 is 26.7 Å². The zero-order valence-corrected chi connectivity index (χ0v) is 26.9. The number of hydrogen-bond donors (Lipinski definition) is 1.